The minimum atomic E-state index is -0.365. The van der Waals surface area contributed by atoms with E-state index < -0.39 is 0 Å². The molecular weight excluding hydrogens is 241 g/mol. The van der Waals surface area contributed by atoms with E-state index >= 15 is 0 Å². The first-order valence-electron chi connectivity index (χ1n) is 6.35. The average Bonchev–Trinajstić information content (AvgIpc) is 2.82. The van der Waals surface area contributed by atoms with Gasteiger partial charge in [-0.25, -0.2) is 4.39 Å². The summed E-state index contributed by atoms with van der Waals surface area (Å²) in [5.74, 6) is -0.203. The summed E-state index contributed by atoms with van der Waals surface area (Å²) in [6.07, 6.45) is 0.410. The minimum Gasteiger partial charge on any atom is -0.384 e. The number of halogens is 1. The Morgan fingerprint density at radius 1 is 1.21 bits per heavy atom. The molecule has 2 aromatic carbocycles. The van der Waals surface area contributed by atoms with Crippen LogP contribution in [0.25, 0.3) is 0 Å². The number of hydrogen-bond acceptors (Lipinski definition) is 2. The van der Waals surface area contributed by atoms with Crippen molar-refractivity contribution < 1.29 is 9.18 Å². The van der Waals surface area contributed by atoms with Gasteiger partial charge in [0.15, 0.2) is 5.78 Å². The summed E-state index contributed by atoms with van der Waals surface area (Å²) >= 11 is 0. The maximum absolute atomic E-state index is 13.1. The van der Waals surface area contributed by atoms with Crippen LogP contribution in [0.5, 0.6) is 0 Å². The van der Waals surface area contributed by atoms with Crippen molar-refractivity contribution in [3.05, 3.63) is 65.5 Å². The van der Waals surface area contributed by atoms with Crippen LogP contribution in [0.4, 0.5) is 10.1 Å². The van der Waals surface area contributed by atoms with Crippen LogP contribution >= 0.6 is 0 Å². The Bertz CT molecular complexity index is 624. The fourth-order valence-corrected chi connectivity index (χ4v) is 2.54. The largest absolute Gasteiger partial charge is 0.384 e. The summed E-state index contributed by atoms with van der Waals surface area (Å²) in [7, 11) is 0. The summed E-state index contributed by atoms with van der Waals surface area (Å²) in [4.78, 5) is 12.2. The van der Waals surface area contributed by atoms with Gasteiger partial charge in [-0.05, 0) is 23.8 Å². The maximum atomic E-state index is 13.1. The number of anilines is 1. The van der Waals surface area contributed by atoms with Crippen molar-refractivity contribution in [3.8, 4) is 0 Å². The van der Waals surface area contributed by atoms with Gasteiger partial charge in [-0.3, -0.25) is 4.79 Å². The molecule has 0 radical (unpaired) electrons. The highest BCUT2D eigenvalue weighted by Gasteiger charge is 2.24. The lowest BCUT2D eigenvalue weighted by Crippen LogP contribution is -2.09. The average molecular weight is 255 g/mol. The van der Waals surface area contributed by atoms with Crippen molar-refractivity contribution in [3.63, 3.8) is 0 Å². The topological polar surface area (TPSA) is 29.1 Å². The number of rotatable bonds is 3. The molecule has 0 amide bonds. The minimum absolute atomic E-state index is 0.0111. The van der Waals surface area contributed by atoms with Crippen LogP contribution in [-0.4, -0.2) is 12.3 Å². The zero-order chi connectivity index (χ0) is 13.2. The number of para-hydroxylation sites is 1. The van der Waals surface area contributed by atoms with E-state index in [1.807, 2.05) is 24.3 Å². The Morgan fingerprint density at radius 2 is 2.05 bits per heavy atom. The molecule has 0 aromatic heterocycles. The molecule has 96 valence electrons. The van der Waals surface area contributed by atoms with Gasteiger partial charge in [0, 0.05) is 30.1 Å². The van der Waals surface area contributed by atoms with E-state index in [-0.39, 0.29) is 17.5 Å². The smallest absolute Gasteiger partial charge is 0.163 e. The fraction of sp³-hybridized carbons (Fsp3) is 0.188. The zero-order valence-corrected chi connectivity index (χ0v) is 10.4. The summed E-state index contributed by atoms with van der Waals surface area (Å²) < 4.78 is 13.1. The normalized spacial score (nSPS) is 16.8. The van der Waals surface area contributed by atoms with Gasteiger partial charge in [0.05, 0.1) is 0 Å². The first-order valence-corrected chi connectivity index (χ1v) is 6.35. The van der Waals surface area contributed by atoms with Crippen molar-refractivity contribution in [1.82, 2.24) is 0 Å². The molecule has 3 heteroatoms. The molecule has 1 aliphatic heterocycles. The van der Waals surface area contributed by atoms with Crippen LogP contribution in [0.3, 0.4) is 0 Å². The van der Waals surface area contributed by atoms with Crippen LogP contribution in [0.1, 0.15) is 28.3 Å². The van der Waals surface area contributed by atoms with Gasteiger partial charge in [0.2, 0.25) is 0 Å². The molecule has 0 bridgehead atoms. The standard InChI is InChI=1S/C16H14FNO/c17-13-5-3-4-11(8-13)16(19)9-12-10-18-15-7-2-1-6-14(12)15/h1-8,12,18H,9-10H2. The van der Waals surface area contributed by atoms with Crippen molar-refractivity contribution in [1.29, 1.82) is 0 Å². The second-order valence-electron chi connectivity index (χ2n) is 4.80. The molecule has 1 aliphatic rings. The molecule has 1 unspecified atom stereocenters. The fourth-order valence-electron chi connectivity index (χ4n) is 2.54. The van der Waals surface area contributed by atoms with Gasteiger partial charge in [0.1, 0.15) is 5.82 Å². The number of carbonyl (C=O) groups is 1. The lowest BCUT2D eigenvalue weighted by Gasteiger charge is -2.09. The van der Waals surface area contributed by atoms with E-state index in [0.717, 1.165) is 12.2 Å². The van der Waals surface area contributed by atoms with E-state index in [1.54, 1.807) is 12.1 Å². The second kappa shape index (κ2) is 4.84. The van der Waals surface area contributed by atoms with Crippen molar-refractivity contribution in [2.75, 3.05) is 11.9 Å². The van der Waals surface area contributed by atoms with Crippen LogP contribution in [0, 0.1) is 5.82 Å². The van der Waals surface area contributed by atoms with Crippen LogP contribution in [-0.2, 0) is 0 Å². The van der Waals surface area contributed by atoms with Crippen LogP contribution in [0.15, 0.2) is 48.5 Å². The number of benzene rings is 2. The Balaban J connectivity index is 1.78. The molecule has 1 atom stereocenters. The Hall–Kier alpha value is -2.16. The Morgan fingerprint density at radius 3 is 2.89 bits per heavy atom. The van der Waals surface area contributed by atoms with E-state index in [1.165, 1.54) is 17.7 Å². The molecule has 2 aromatic rings. The molecular formula is C16H14FNO. The predicted octanol–water partition coefficient (Wildman–Crippen LogP) is 3.61. The number of carbonyl (C=O) groups excluding carboxylic acids is 1. The quantitative estimate of drug-likeness (QED) is 0.849. The molecule has 2 nitrogen and oxygen atoms in total. The molecule has 0 saturated carbocycles. The van der Waals surface area contributed by atoms with Crippen LogP contribution < -0.4 is 5.32 Å². The molecule has 1 N–H and O–H groups in total. The molecule has 0 aliphatic carbocycles. The SMILES string of the molecule is O=C(CC1CNc2ccccc21)c1cccc(F)c1. The monoisotopic (exact) mass is 255 g/mol. The third-order valence-electron chi connectivity index (χ3n) is 3.52. The van der Waals surface area contributed by atoms with E-state index in [0.29, 0.717) is 12.0 Å². The highest BCUT2D eigenvalue weighted by atomic mass is 19.1. The number of ketones is 1. The van der Waals surface area contributed by atoms with Gasteiger partial charge in [-0.1, -0.05) is 30.3 Å². The summed E-state index contributed by atoms with van der Waals surface area (Å²) in [5.41, 5.74) is 2.72. The van der Waals surface area contributed by atoms with Gasteiger partial charge in [-0.15, -0.1) is 0 Å². The molecule has 0 spiro atoms. The van der Waals surface area contributed by atoms with E-state index in [2.05, 4.69) is 5.32 Å². The second-order valence-corrected chi connectivity index (χ2v) is 4.80. The first kappa shape index (κ1) is 11.9. The van der Waals surface area contributed by atoms with E-state index in [9.17, 15) is 9.18 Å². The zero-order valence-electron chi connectivity index (χ0n) is 10.4. The first-order chi connectivity index (χ1) is 9.24. The number of fused-ring (bicyclic) bond motifs is 1. The number of hydrogen-bond donors (Lipinski definition) is 1. The van der Waals surface area contributed by atoms with Gasteiger partial charge < -0.3 is 5.32 Å². The lowest BCUT2D eigenvalue weighted by molar-refractivity contribution is 0.0975. The number of nitrogens with one attached hydrogen (secondary N) is 1. The van der Waals surface area contributed by atoms with Crippen molar-refractivity contribution in [2.45, 2.75) is 12.3 Å². The van der Waals surface area contributed by atoms with Crippen molar-refractivity contribution in [2.24, 2.45) is 0 Å². The third kappa shape index (κ3) is 2.36. The summed E-state index contributed by atoms with van der Waals surface area (Å²) in [6.45, 7) is 0.764. The van der Waals surface area contributed by atoms with Crippen LogP contribution in [0.2, 0.25) is 0 Å². The van der Waals surface area contributed by atoms with Gasteiger partial charge >= 0.3 is 0 Å². The number of Topliss-reactive ketones (excluding diaryl/α,β-unsaturated/α-hetero) is 1. The third-order valence-corrected chi connectivity index (χ3v) is 3.52. The molecule has 0 fully saturated rings. The Kier molecular flexibility index (Phi) is 3.03. The van der Waals surface area contributed by atoms with Crippen molar-refractivity contribution >= 4 is 11.5 Å². The van der Waals surface area contributed by atoms with Gasteiger partial charge in [-0.2, -0.15) is 0 Å². The summed E-state index contributed by atoms with van der Waals surface area (Å²) in [5, 5.41) is 3.29. The van der Waals surface area contributed by atoms with E-state index in [4.69, 9.17) is 0 Å². The highest BCUT2D eigenvalue weighted by Crippen LogP contribution is 2.33. The molecule has 3 rings (SSSR count). The predicted molar refractivity (Wildman–Crippen MR) is 73.0 cm³/mol. The van der Waals surface area contributed by atoms with Gasteiger partial charge in [0.25, 0.3) is 0 Å². The maximum Gasteiger partial charge on any atom is 0.163 e. The summed E-state index contributed by atoms with van der Waals surface area (Å²) in [6, 6.07) is 13.9. The molecule has 0 saturated heterocycles. The molecule has 19 heavy (non-hydrogen) atoms. The highest BCUT2D eigenvalue weighted by molar-refractivity contribution is 5.96. The Labute approximate surface area is 111 Å². The molecule has 1 heterocycles. The lowest BCUT2D eigenvalue weighted by atomic mass is 9.93.